The number of aromatic nitrogens is 3. The monoisotopic (exact) mass is 396 g/mol. The van der Waals surface area contributed by atoms with Crippen LogP contribution in [0.3, 0.4) is 0 Å². The highest BCUT2D eigenvalue weighted by Crippen LogP contribution is 2.40. The molecular formula is C21H24N4O4. The molecular weight excluding hydrogens is 372 g/mol. The fourth-order valence-electron chi connectivity index (χ4n) is 3.31. The number of nitrogens with zero attached hydrogens (tertiary/aromatic N) is 3. The Morgan fingerprint density at radius 3 is 1.97 bits per heavy atom. The lowest BCUT2D eigenvalue weighted by molar-refractivity contribution is -0.122. The van der Waals surface area contributed by atoms with E-state index in [1.165, 1.54) is 12.2 Å². The first-order valence-corrected chi connectivity index (χ1v) is 9.48. The van der Waals surface area contributed by atoms with E-state index in [4.69, 9.17) is 0 Å². The van der Waals surface area contributed by atoms with Crippen LogP contribution in [0.2, 0.25) is 0 Å². The van der Waals surface area contributed by atoms with Gasteiger partial charge in [0.05, 0.1) is 19.1 Å². The van der Waals surface area contributed by atoms with Gasteiger partial charge in [0.15, 0.2) is 0 Å². The quantitative estimate of drug-likeness (QED) is 0.635. The normalized spacial score (nSPS) is 14.2. The van der Waals surface area contributed by atoms with Crippen molar-refractivity contribution in [1.82, 2.24) is 19.0 Å². The topological polar surface area (TPSA) is 95.1 Å². The molecule has 1 unspecified atom stereocenters. The van der Waals surface area contributed by atoms with Gasteiger partial charge in [-0.3, -0.25) is 4.79 Å². The second-order valence-corrected chi connectivity index (χ2v) is 7.03. The molecule has 1 aromatic carbocycles. The van der Waals surface area contributed by atoms with Gasteiger partial charge in [0.1, 0.15) is 6.54 Å². The van der Waals surface area contributed by atoms with Crippen LogP contribution in [0.15, 0.2) is 70.0 Å². The molecule has 1 fully saturated rings. The summed E-state index contributed by atoms with van der Waals surface area (Å²) in [5, 5.41) is 2.94. The van der Waals surface area contributed by atoms with Gasteiger partial charge in [0.25, 0.3) is 0 Å². The van der Waals surface area contributed by atoms with Crippen molar-refractivity contribution in [3.8, 4) is 0 Å². The summed E-state index contributed by atoms with van der Waals surface area (Å²) < 4.78 is 2.53. The smallest absolute Gasteiger partial charge is 0.337 e. The molecule has 0 bridgehead atoms. The van der Waals surface area contributed by atoms with Crippen LogP contribution in [0.5, 0.6) is 0 Å². The molecule has 1 atom stereocenters. The van der Waals surface area contributed by atoms with Crippen molar-refractivity contribution < 1.29 is 4.79 Å². The highest BCUT2D eigenvalue weighted by Gasteiger charge is 2.33. The molecule has 1 aliphatic carbocycles. The van der Waals surface area contributed by atoms with Crippen molar-refractivity contribution in [3.05, 3.63) is 92.7 Å². The molecule has 29 heavy (non-hydrogen) atoms. The zero-order valence-corrected chi connectivity index (χ0v) is 16.1. The van der Waals surface area contributed by atoms with Gasteiger partial charge >= 0.3 is 17.1 Å². The SMILES string of the molecule is C=CCn1c(=O)n(CC=C)c(=O)n(CC(=O)NC(c2ccccc2)C2CC2)c1=O. The van der Waals surface area contributed by atoms with E-state index in [1.54, 1.807) is 0 Å². The number of rotatable bonds is 9. The maximum absolute atomic E-state index is 12.7. The van der Waals surface area contributed by atoms with Crippen LogP contribution in [-0.4, -0.2) is 19.6 Å². The van der Waals surface area contributed by atoms with Gasteiger partial charge in [-0.1, -0.05) is 42.5 Å². The molecule has 0 spiro atoms. The van der Waals surface area contributed by atoms with Crippen molar-refractivity contribution in [2.24, 2.45) is 5.92 Å². The van der Waals surface area contributed by atoms with Crippen molar-refractivity contribution in [2.45, 2.75) is 38.5 Å². The highest BCUT2D eigenvalue weighted by atomic mass is 16.2. The first-order chi connectivity index (χ1) is 14.0. The van der Waals surface area contributed by atoms with Crippen LogP contribution in [0.1, 0.15) is 24.4 Å². The van der Waals surface area contributed by atoms with E-state index in [0.29, 0.717) is 5.92 Å². The number of amides is 1. The molecule has 8 nitrogen and oxygen atoms in total. The summed E-state index contributed by atoms with van der Waals surface area (Å²) in [4.78, 5) is 50.4. The van der Waals surface area contributed by atoms with E-state index in [-0.39, 0.29) is 19.1 Å². The lowest BCUT2D eigenvalue weighted by atomic mass is 10.0. The van der Waals surface area contributed by atoms with Crippen LogP contribution < -0.4 is 22.4 Å². The summed E-state index contributed by atoms with van der Waals surface area (Å²) in [6, 6.07) is 9.42. The molecule has 1 heterocycles. The maximum Gasteiger partial charge on any atom is 0.337 e. The van der Waals surface area contributed by atoms with Gasteiger partial charge in [-0.05, 0) is 24.3 Å². The fraction of sp³-hybridized carbons (Fsp3) is 0.333. The van der Waals surface area contributed by atoms with E-state index in [2.05, 4.69) is 18.5 Å². The van der Waals surface area contributed by atoms with Crippen LogP contribution in [0.4, 0.5) is 0 Å². The Morgan fingerprint density at radius 1 is 0.966 bits per heavy atom. The molecule has 0 radical (unpaired) electrons. The fourth-order valence-corrected chi connectivity index (χ4v) is 3.31. The van der Waals surface area contributed by atoms with Crippen molar-refractivity contribution in [3.63, 3.8) is 0 Å². The lowest BCUT2D eigenvalue weighted by Gasteiger charge is -2.19. The molecule has 8 heteroatoms. The zero-order valence-electron chi connectivity index (χ0n) is 16.1. The third-order valence-corrected chi connectivity index (χ3v) is 4.88. The Hall–Kier alpha value is -3.42. The summed E-state index contributed by atoms with van der Waals surface area (Å²) in [6.45, 7) is 6.46. The maximum atomic E-state index is 12.7. The van der Waals surface area contributed by atoms with Gasteiger partial charge in [-0.15, -0.1) is 13.2 Å². The minimum Gasteiger partial charge on any atom is -0.347 e. The zero-order chi connectivity index (χ0) is 21.0. The van der Waals surface area contributed by atoms with Gasteiger partial charge in [-0.2, -0.15) is 0 Å². The summed E-state index contributed by atoms with van der Waals surface area (Å²) in [5.74, 6) is -0.121. The Labute approximate surface area is 167 Å². The van der Waals surface area contributed by atoms with Crippen molar-refractivity contribution in [1.29, 1.82) is 0 Å². The Kier molecular flexibility index (Phi) is 6.11. The number of hydrogen-bond donors (Lipinski definition) is 1. The summed E-state index contributed by atoms with van der Waals surface area (Å²) >= 11 is 0. The number of carbonyl (C=O) groups is 1. The van der Waals surface area contributed by atoms with E-state index in [9.17, 15) is 19.2 Å². The minimum atomic E-state index is -0.835. The van der Waals surface area contributed by atoms with Gasteiger partial charge in [0, 0.05) is 0 Å². The third kappa shape index (κ3) is 4.37. The van der Waals surface area contributed by atoms with Crippen molar-refractivity contribution >= 4 is 5.91 Å². The molecule has 0 saturated heterocycles. The second-order valence-electron chi connectivity index (χ2n) is 7.03. The molecule has 2 aromatic rings. The molecule has 1 aromatic heterocycles. The largest absolute Gasteiger partial charge is 0.347 e. The molecule has 1 amide bonds. The van der Waals surface area contributed by atoms with E-state index < -0.39 is 29.5 Å². The molecule has 152 valence electrons. The Morgan fingerprint density at radius 2 is 1.48 bits per heavy atom. The van der Waals surface area contributed by atoms with Crippen molar-refractivity contribution in [2.75, 3.05) is 0 Å². The number of benzene rings is 1. The Balaban J connectivity index is 1.92. The van der Waals surface area contributed by atoms with Crippen LogP contribution in [0, 0.1) is 5.92 Å². The summed E-state index contributed by atoms with van der Waals surface area (Å²) in [6.07, 6.45) is 4.79. The second kappa shape index (κ2) is 8.72. The molecule has 1 N–H and O–H groups in total. The van der Waals surface area contributed by atoms with Crippen LogP contribution in [-0.2, 0) is 24.4 Å². The predicted molar refractivity (Wildman–Crippen MR) is 110 cm³/mol. The lowest BCUT2D eigenvalue weighted by Crippen LogP contribution is -2.55. The molecule has 1 aliphatic rings. The van der Waals surface area contributed by atoms with Crippen LogP contribution in [0.25, 0.3) is 0 Å². The van der Waals surface area contributed by atoms with E-state index in [0.717, 1.165) is 32.1 Å². The molecule has 0 aliphatic heterocycles. The van der Waals surface area contributed by atoms with E-state index in [1.807, 2.05) is 30.3 Å². The number of nitrogens with one attached hydrogen (secondary N) is 1. The van der Waals surface area contributed by atoms with Gasteiger partial charge in [0.2, 0.25) is 5.91 Å². The third-order valence-electron chi connectivity index (χ3n) is 4.88. The average Bonchev–Trinajstić information content (AvgIpc) is 3.56. The highest BCUT2D eigenvalue weighted by molar-refractivity contribution is 5.76. The van der Waals surface area contributed by atoms with Gasteiger partial charge in [-0.25, -0.2) is 28.1 Å². The number of carbonyl (C=O) groups excluding carboxylic acids is 1. The minimum absolute atomic E-state index is 0.0641. The first-order valence-electron chi connectivity index (χ1n) is 9.48. The molecule has 3 rings (SSSR count). The summed E-state index contributed by atoms with van der Waals surface area (Å²) in [7, 11) is 0. The number of allylic oxidation sites excluding steroid dienone is 2. The average molecular weight is 396 g/mol. The molecule has 1 saturated carbocycles. The standard InChI is InChI=1S/C21H24N4O4/c1-3-12-23-19(27)24(13-4-2)21(29)25(20(23)28)14-17(26)22-18(16-10-11-16)15-8-6-5-7-9-15/h3-9,16,18H,1-2,10-14H2,(H,22,26). The van der Waals surface area contributed by atoms with Crippen LogP contribution >= 0.6 is 0 Å². The first kappa shape index (κ1) is 20.3. The van der Waals surface area contributed by atoms with E-state index >= 15 is 0 Å². The number of hydrogen-bond acceptors (Lipinski definition) is 4. The van der Waals surface area contributed by atoms with Gasteiger partial charge < -0.3 is 5.32 Å². The summed E-state index contributed by atoms with van der Waals surface area (Å²) in [5.41, 5.74) is -1.44. The predicted octanol–water partition coefficient (Wildman–Crippen LogP) is 0.811. The Bertz CT molecular complexity index is 1040.